The first-order valence-electron chi connectivity index (χ1n) is 5.26. The highest BCUT2D eigenvalue weighted by Crippen LogP contribution is 2.38. The minimum absolute atomic E-state index is 0.695. The third-order valence-electron chi connectivity index (χ3n) is 2.81. The molecule has 0 bridgehead atoms. The van der Waals surface area contributed by atoms with Crippen LogP contribution in [0.25, 0.3) is 0 Å². The lowest BCUT2D eigenvalue weighted by atomic mass is 10.0. The highest BCUT2D eigenvalue weighted by molar-refractivity contribution is 7.99. The standard InChI is InChI=1S/C10H17N3S2/c1-7-4-3-5-13(6-7)10-8(14-2)9(11)12-15-10/h7H,3-6H2,1-2H3,(H2,11,12). The van der Waals surface area contributed by atoms with E-state index in [-0.39, 0.29) is 0 Å². The summed E-state index contributed by atoms with van der Waals surface area (Å²) in [6.45, 7) is 4.62. The number of nitrogens with zero attached hydrogens (tertiary/aromatic N) is 2. The molecule has 1 aromatic rings. The lowest BCUT2D eigenvalue weighted by Crippen LogP contribution is -2.33. The summed E-state index contributed by atoms with van der Waals surface area (Å²) in [5, 5.41) is 1.27. The first-order chi connectivity index (χ1) is 7.22. The van der Waals surface area contributed by atoms with E-state index in [4.69, 9.17) is 5.73 Å². The molecule has 0 amide bonds. The van der Waals surface area contributed by atoms with Crippen molar-refractivity contribution in [2.75, 3.05) is 30.0 Å². The van der Waals surface area contributed by atoms with Gasteiger partial charge in [0.05, 0.1) is 4.90 Å². The molecule has 3 nitrogen and oxygen atoms in total. The molecule has 1 atom stereocenters. The predicted octanol–water partition coefficient (Wildman–Crippen LogP) is 2.68. The Morgan fingerprint density at radius 2 is 2.40 bits per heavy atom. The molecule has 2 N–H and O–H groups in total. The number of nitrogen functional groups attached to an aromatic ring is 1. The summed E-state index contributed by atoms with van der Waals surface area (Å²) in [6.07, 6.45) is 4.70. The molecule has 0 spiro atoms. The van der Waals surface area contributed by atoms with Gasteiger partial charge in [0.2, 0.25) is 0 Å². The van der Waals surface area contributed by atoms with Crippen molar-refractivity contribution >= 4 is 34.1 Å². The Morgan fingerprint density at radius 1 is 1.60 bits per heavy atom. The zero-order valence-corrected chi connectivity index (χ0v) is 10.8. The fraction of sp³-hybridized carbons (Fsp3) is 0.700. The van der Waals surface area contributed by atoms with E-state index in [0.717, 1.165) is 23.9 Å². The number of thioether (sulfide) groups is 1. The van der Waals surface area contributed by atoms with Crippen LogP contribution in [0.15, 0.2) is 4.90 Å². The van der Waals surface area contributed by atoms with Gasteiger partial charge in [-0.3, -0.25) is 0 Å². The van der Waals surface area contributed by atoms with Gasteiger partial charge >= 0.3 is 0 Å². The molecule has 1 fully saturated rings. The summed E-state index contributed by atoms with van der Waals surface area (Å²) in [5.41, 5.74) is 5.85. The second-order valence-corrected chi connectivity index (χ2v) is 5.67. The van der Waals surface area contributed by atoms with E-state index in [1.807, 2.05) is 0 Å². The number of anilines is 2. The third kappa shape index (κ3) is 2.23. The van der Waals surface area contributed by atoms with Crippen molar-refractivity contribution in [3.8, 4) is 0 Å². The first-order valence-corrected chi connectivity index (χ1v) is 7.26. The Kier molecular flexibility index (Phi) is 3.41. The summed E-state index contributed by atoms with van der Waals surface area (Å²) in [6, 6.07) is 0. The molecule has 2 heterocycles. The maximum Gasteiger partial charge on any atom is 0.153 e. The van der Waals surface area contributed by atoms with E-state index >= 15 is 0 Å². The van der Waals surface area contributed by atoms with Gasteiger partial charge in [-0.25, -0.2) is 0 Å². The molecule has 1 aliphatic heterocycles. The molecule has 84 valence electrons. The molecular weight excluding hydrogens is 226 g/mol. The minimum atomic E-state index is 0.695. The highest BCUT2D eigenvalue weighted by Gasteiger charge is 2.22. The predicted molar refractivity (Wildman–Crippen MR) is 68.9 cm³/mol. The number of hydrogen-bond acceptors (Lipinski definition) is 5. The van der Waals surface area contributed by atoms with Crippen molar-refractivity contribution in [2.45, 2.75) is 24.7 Å². The molecule has 1 unspecified atom stereocenters. The maximum absolute atomic E-state index is 5.85. The Bertz CT molecular complexity index is 337. The molecule has 2 rings (SSSR count). The molecule has 0 saturated carbocycles. The van der Waals surface area contributed by atoms with Crippen LogP contribution in [-0.2, 0) is 0 Å². The van der Waals surface area contributed by atoms with Gasteiger partial charge in [-0.05, 0) is 36.5 Å². The van der Waals surface area contributed by atoms with Crippen LogP contribution in [0.5, 0.6) is 0 Å². The fourth-order valence-electron chi connectivity index (χ4n) is 2.05. The third-order valence-corrected chi connectivity index (χ3v) is 4.67. The minimum Gasteiger partial charge on any atom is -0.382 e. The molecule has 15 heavy (non-hydrogen) atoms. The van der Waals surface area contributed by atoms with E-state index in [1.54, 1.807) is 11.8 Å². The van der Waals surface area contributed by atoms with Gasteiger partial charge in [0.15, 0.2) is 5.82 Å². The van der Waals surface area contributed by atoms with E-state index in [0.29, 0.717) is 5.82 Å². The van der Waals surface area contributed by atoms with E-state index in [2.05, 4.69) is 22.5 Å². The average molecular weight is 243 g/mol. The van der Waals surface area contributed by atoms with Gasteiger partial charge in [0.1, 0.15) is 5.00 Å². The normalized spacial score (nSPS) is 22.0. The second-order valence-electron chi connectivity index (χ2n) is 4.10. The molecule has 1 aromatic heterocycles. The van der Waals surface area contributed by atoms with Crippen LogP contribution < -0.4 is 10.6 Å². The molecule has 1 saturated heterocycles. The van der Waals surface area contributed by atoms with Crippen molar-refractivity contribution in [2.24, 2.45) is 5.92 Å². The lowest BCUT2D eigenvalue weighted by Gasteiger charge is -2.31. The largest absolute Gasteiger partial charge is 0.382 e. The molecular formula is C10H17N3S2. The lowest BCUT2D eigenvalue weighted by molar-refractivity contribution is 0.447. The van der Waals surface area contributed by atoms with Crippen LogP contribution in [0.4, 0.5) is 10.8 Å². The van der Waals surface area contributed by atoms with Crippen molar-refractivity contribution in [3.05, 3.63) is 0 Å². The Labute approximate surface area is 99.2 Å². The molecule has 0 aromatic carbocycles. The Hall–Kier alpha value is -0.420. The van der Waals surface area contributed by atoms with Crippen molar-refractivity contribution < 1.29 is 0 Å². The highest BCUT2D eigenvalue weighted by atomic mass is 32.2. The van der Waals surface area contributed by atoms with Gasteiger partial charge in [-0.2, -0.15) is 4.37 Å². The zero-order valence-electron chi connectivity index (χ0n) is 9.19. The van der Waals surface area contributed by atoms with Crippen LogP contribution in [0, 0.1) is 5.92 Å². The molecule has 0 aliphatic carbocycles. The molecule has 1 aliphatic rings. The summed E-state index contributed by atoms with van der Waals surface area (Å²) in [7, 11) is 0. The van der Waals surface area contributed by atoms with Crippen molar-refractivity contribution in [1.82, 2.24) is 4.37 Å². The zero-order chi connectivity index (χ0) is 10.8. The van der Waals surface area contributed by atoms with E-state index in [1.165, 1.54) is 29.4 Å². The van der Waals surface area contributed by atoms with Gasteiger partial charge in [-0.1, -0.05) is 6.92 Å². The first kappa shape index (κ1) is 11.1. The van der Waals surface area contributed by atoms with Crippen LogP contribution in [0.1, 0.15) is 19.8 Å². The summed E-state index contributed by atoms with van der Waals surface area (Å²) < 4.78 is 4.24. The fourth-order valence-corrected chi connectivity index (χ4v) is 3.77. The summed E-state index contributed by atoms with van der Waals surface area (Å²) in [4.78, 5) is 3.60. The number of aromatic nitrogens is 1. The van der Waals surface area contributed by atoms with Crippen LogP contribution in [0.2, 0.25) is 0 Å². The number of rotatable bonds is 2. The number of piperidine rings is 1. The van der Waals surface area contributed by atoms with Crippen molar-refractivity contribution in [1.29, 1.82) is 0 Å². The van der Waals surface area contributed by atoms with E-state index in [9.17, 15) is 0 Å². The number of hydrogen-bond donors (Lipinski definition) is 1. The molecule has 0 radical (unpaired) electrons. The Morgan fingerprint density at radius 3 is 3.07 bits per heavy atom. The van der Waals surface area contributed by atoms with E-state index < -0.39 is 0 Å². The van der Waals surface area contributed by atoms with Crippen molar-refractivity contribution in [3.63, 3.8) is 0 Å². The summed E-state index contributed by atoms with van der Waals surface area (Å²) in [5.74, 6) is 1.48. The van der Waals surface area contributed by atoms with Gasteiger partial charge in [-0.15, -0.1) is 11.8 Å². The maximum atomic E-state index is 5.85. The quantitative estimate of drug-likeness (QED) is 0.811. The monoisotopic (exact) mass is 243 g/mol. The van der Waals surface area contributed by atoms with Crippen LogP contribution in [-0.4, -0.2) is 23.7 Å². The molecule has 5 heteroatoms. The second kappa shape index (κ2) is 4.61. The van der Waals surface area contributed by atoms with Gasteiger partial charge < -0.3 is 10.6 Å². The van der Waals surface area contributed by atoms with Gasteiger partial charge in [0, 0.05) is 13.1 Å². The number of nitrogens with two attached hydrogens (primary N) is 1. The SMILES string of the molecule is CSc1c(N)nsc1N1CCCC(C)C1. The Balaban J connectivity index is 2.20. The van der Waals surface area contributed by atoms with Gasteiger partial charge in [0.25, 0.3) is 0 Å². The average Bonchev–Trinajstić information content (AvgIpc) is 2.59. The van der Waals surface area contributed by atoms with Crippen LogP contribution >= 0.6 is 23.3 Å². The summed E-state index contributed by atoms with van der Waals surface area (Å²) >= 11 is 3.24. The topological polar surface area (TPSA) is 42.1 Å². The smallest absolute Gasteiger partial charge is 0.153 e. The van der Waals surface area contributed by atoms with Crippen LogP contribution in [0.3, 0.4) is 0 Å².